The molecular formula is C27H23NO5. The number of ketones is 1. The van der Waals surface area contributed by atoms with E-state index in [9.17, 15) is 19.2 Å². The van der Waals surface area contributed by atoms with Crippen LogP contribution >= 0.6 is 0 Å². The molecule has 0 spiro atoms. The molecule has 6 nitrogen and oxygen atoms in total. The Kier molecular flexibility index (Phi) is 4.41. The average Bonchev–Trinajstić information content (AvgIpc) is 3.61. The number of benzene rings is 2. The van der Waals surface area contributed by atoms with E-state index in [4.69, 9.17) is 4.74 Å². The van der Waals surface area contributed by atoms with E-state index in [1.54, 1.807) is 24.3 Å². The predicted molar refractivity (Wildman–Crippen MR) is 119 cm³/mol. The summed E-state index contributed by atoms with van der Waals surface area (Å²) in [5.74, 6) is -0.229. The van der Waals surface area contributed by atoms with Crippen molar-refractivity contribution in [1.29, 1.82) is 0 Å². The summed E-state index contributed by atoms with van der Waals surface area (Å²) in [6.07, 6.45) is 5.41. The zero-order valence-corrected chi connectivity index (χ0v) is 18.1. The van der Waals surface area contributed by atoms with Crippen LogP contribution in [0.25, 0.3) is 0 Å². The number of anilines is 1. The zero-order valence-electron chi connectivity index (χ0n) is 18.1. The summed E-state index contributed by atoms with van der Waals surface area (Å²) in [7, 11) is 0. The number of amides is 2. The number of hydrogen-bond acceptors (Lipinski definition) is 5. The van der Waals surface area contributed by atoms with Crippen molar-refractivity contribution in [3.8, 4) is 0 Å². The van der Waals surface area contributed by atoms with Crippen LogP contribution < -0.4 is 4.90 Å². The minimum atomic E-state index is -0.628. The molecule has 2 amide bonds. The molecule has 4 aliphatic carbocycles. The number of Topliss-reactive ketones (excluding diaryl/α,β-unsaturated/α-hetero) is 1. The zero-order chi connectivity index (χ0) is 22.9. The number of hydrogen-bond donors (Lipinski definition) is 0. The van der Waals surface area contributed by atoms with Crippen molar-refractivity contribution in [3.05, 3.63) is 77.4 Å². The molecule has 166 valence electrons. The van der Waals surface area contributed by atoms with Crippen molar-refractivity contribution in [1.82, 2.24) is 0 Å². The van der Waals surface area contributed by atoms with Gasteiger partial charge < -0.3 is 4.74 Å². The van der Waals surface area contributed by atoms with Crippen LogP contribution in [0.4, 0.5) is 5.69 Å². The summed E-state index contributed by atoms with van der Waals surface area (Å²) in [6.45, 7) is 1.58. The minimum absolute atomic E-state index is 0.131. The van der Waals surface area contributed by atoms with Gasteiger partial charge in [0, 0.05) is 5.56 Å². The molecule has 1 heterocycles. The summed E-state index contributed by atoms with van der Waals surface area (Å²) in [6, 6.07) is 13.3. The fourth-order valence-electron chi connectivity index (χ4n) is 6.00. The molecule has 6 heteroatoms. The highest BCUT2D eigenvalue weighted by Gasteiger charge is 2.67. The Morgan fingerprint density at radius 2 is 1.39 bits per heavy atom. The fraction of sp³-hybridized carbons (Fsp3) is 0.333. The second-order valence-corrected chi connectivity index (χ2v) is 9.58. The lowest BCUT2D eigenvalue weighted by Gasteiger charge is -2.37. The van der Waals surface area contributed by atoms with E-state index in [0.717, 1.165) is 12.0 Å². The number of aryl methyl sites for hydroxylation is 1. The van der Waals surface area contributed by atoms with E-state index < -0.39 is 5.97 Å². The number of carbonyl (C=O) groups excluding carboxylic acids is 4. The van der Waals surface area contributed by atoms with E-state index in [1.807, 2.05) is 19.1 Å². The van der Waals surface area contributed by atoms with E-state index in [1.165, 1.54) is 17.0 Å². The second kappa shape index (κ2) is 7.24. The summed E-state index contributed by atoms with van der Waals surface area (Å²) in [5.41, 5.74) is 2.26. The van der Waals surface area contributed by atoms with E-state index in [0.29, 0.717) is 23.1 Å². The molecule has 2 bridgehead atoms. The van der Waals surface area contributed by atoms with E-state index in [2.05, 4.69) is 12.2 Å². The van der Waals surface area contributed by atoms with Crippen molar-refractivity contribution in [2.45, 2.75) is 13.3 Å². The highest BCUT2D eigenvalue weighted by molar-refractivity contribution is 6.22. The van der Waals surface area contributed by atoms with Gasteiger partial charge in [-0.25, -0.2) is 4.79 Å². The molecule has 1 aliphatic heterocycles. The first-order valence-electron chi connectivity index (χ1n) is 11.4. The number of allylic oxidation sites excluding steroid dienone is 2. The summed E-state index contributed by atoms with van der Waals surface area (Å²) in [5, 5.41) is 0. The lowest BCUT2D eigenvalue weighted by molar-refractivity contribution is -0.124. The van der Waals surface area contributed by atoms with Crippen LogP contribution in [0.1, 0.15) is 32.7 Å². The SMILES string of the molecule is Cc1ccc(C(=O)COC(=O)c2ccc(N3C(=O)[C@@H]4[C@H]5C=C[C@@H]([C@@H]6C[C@@H]56)[C@@H]4C3=O)cc2)cc1. The number of rotatable bonds is 5. The molecule has 0 aromatic heterocycles. The quantitative estimate of drug-likeness (QED) is 0.307. The van der Waals surface area contributed by atoms with Gasteiger partial charge in [-0.3, -0.25) is 19.3 Å². The lowest BCUT2D eigenvalue weighted by atomic mass is 9.63. The standard InChI is InChI=1S/C27H23NO5/c1-14-2-4-15(5-3-14)22(29)13-33-27(32)16-6-8-17(9-7-16)28-25(30)23-18-10-11-19(21-12-20(18)21)24(23)26(28)31/h2-11,18-21,23-24H,12-13H2,1H3/t18-,19-,20-,21-,23-,24+/m0/s1. The van der Waals surface area contributed by atoms with Gasteiger partial charge in [-0.05, 0) is 61.3 Å². The number of imide groups is 1. The molecule has 0 radical (unpaired) electrons. The summed E-state index contributed by atoms with van der Waals surface area (Å²) < 4.78 is 5.17. The van der Waals surface area contributed by atoms with Crippen molar-refractivity contribution < 1.29 is 23.9 Å². The molecule has 7 rings (SSSR count). The van der Waals surface area contributed by atoms with Gasteiger partial charge >= 0.3 is 5.97 Å². The highest BCUT2D eigenvalue weighted by Crippen LogP contribution is 2.65. The predicted octanol–water partition coefficient (Wildman–Crippen LogP) is 3.59. The van der Waals surface area contributed by atoms with Crippen LogP contribution in [0.3, 0.4) is 0 Å². The van der Waals surface area contributed by atoms with Crippen molar-refractivity contribution in [3.63, 3.8) is 0 Å². The van der Waals surface area contributed by atoms with Crippen molar-refractivity contribution in [2.24, 2.45) is 35.5 Å². The molecule has 3 fully saturated rings. The maximum atomic E-state index is 13.2. The smallest absolute Gasteiger partial charge is 0.338 e. The first-order valence-corrected chi connectivity index (χ1v) is 11.4. The fourth-order valence-corrected chi connectivity index (χ4v) is 6.00. The molecule has 2 aromatic carbocycles. The van der Waals surface area contributed by atoms with E-state index >= 15 is 0 Å². The molecule has 33 heavy (non-hydrogen) atoms. The Labute approximate surface area is 191 Å². The molecule has 2 aromatic rings. The number of ether oxygens (including phenoxy) is 1. The third-order valence-corrected chi connectivity index (χ3v) is 7.73. The Balaban J connectivity index is 1.14. The molecule has 0 N–H and O–H groups in total. The van der Waals surface area contributed by atoms with Gasteiger partial charge in [0.25, 0.3) is 0 Å². The normalized spacial score (nSPS) is 30.8. The van der Waals surface area contributed by atoms with E-state index in [-0.39, 0.29) is 53.4 Å². The van der Waals surface area contributed by atoms with Crippen molar-refractivity contribution in [2.75, 3.05) is 11.5 Å². The van der Waals surface area contributed by atoms with Crippen LogP contribution in [0.15, 0.2) is 60.7 Å². The first kappa shape index (κ1) is 20.1. The van der Waals surface area contributed by atoms with Gasteiger partial charge in [0.2, 0.25) is 11.8 Å². The molecule has 6 atom stereocenters. The van der Waals surface area contributed by atoms with Crippen LogP contribution in [-0.2, 0) is 14.3 Å². The average molecular weight is 441 g/mol. The second-order valence-electron chi connectivity index (χ2n) is 9.58. The first-order chi connectivity index (χ1) is 15.9. The van der Waals surface area contributed by atoms with Gasteiger partial charge in [0.05, 0.1) is 23.1 Å². The Morgan fingerprint density at radius 1 is 0.848 bits per heavy atom. The van der Waals surface area contributed by atoms with Gasteiger partial charge in [-0.2, -0.15) is 0 Å². The number of carbonyl (C=O) groups is 4. The Morgan fingerprint density at radius 3 is 1.97 bits per heavy atom. The lowest BCUT2D eigenvalue weighted by Crippen LogP contribution is -2.40. The molecule has 1 saturated heterocycles. The third-order valence-electron chi connectivity index (χ3n) is 7.73. The topological polar surface area (TPSA) is 80.8 Å². The maximum absolute atomic E-state index is 13.2. The van der Waals surface area contributed by atoms with Gasteiger partial charge in [-0.15, -0.1) is 0 Å². The van der Waals surface area contributed by atoms with Gasteiger partial charge in [0.15, 0.2) is 12.4 Å². The van der Waals surface area contributed by atoms with Crippen LogP contribution in [0.5, 0.6) is 0 Å². The van der Waals surface area contributed by atoms with Gasteiger partial charge in [0.1, 0.15) is 0 Å². The van der Waals surface area contributed by atoms with Crippen molar-refractivity contribution >= 4 is 29.3 Å². The maximum Gasteiger partial charge on any atom is 0.338 e. The molecule has 0 unspecified atom stereocenters. The summed E-state index contributed by atoms with van der Waals surface area (Å²) in [4.78, 5) is 52.3. The highest BCUT2D eigenvalue weighted by atomic mass is 16.5. The van der Waals surface area contributed by atoms with Crippen LogP contribution in [0.2, 0.25) is 0 Å². The molecular weight excluding hydrogens is 418 g/mol. The summed E-state index contributed by atoms with van der Waals surface area (Å²) >= 11 is 0. The molecule has 2 saturated carbocycles. The van der Waals surface area contributed by atoms with Crippen LogP contribution in [0, 0.1) is 42.4 Å². The monoisotopic (exact) mass is 441 g/mol. The largest absolute Gasteiger partial charge is 0.454 e. The molecule has 5 aliphatic rings. The Bertz CT molecular complexity index is 1180. The minimum Gasteiger partial charge on any atom is -0.454 e. The Hall–Kier alpha value is -3.54. The third kappa shape index (κ3) is 3.08. The number of nitrogens with zero attached hydrogens (tertiary/aromatic N) is 1. The van der Waals surface area contributed by atoms with Crippen LogP contribution in [-0.4, -0.2) is 30.2 Å². The van der Waals surface area contributed by atoms with Gasteiger partial charge in [-0.1, -0.05) is 42.0 Å². The number of esters is 1.